The second kappa shape index (κ2) is 7.28. The maximum absolute atomic E-state index is 12.9. The third kappa shape index (κ3) is 3.34. The van der Waals surface area contributed by atoms with Gasteiger partial charge in [0.15, 0.2) is 0 Å². The number of carbonyl (C=O) groups is 1. The molecule has 134 valence electrons. The highest BCUT2D eigenvalue weighted by Gasteiger charge is 2.45. The van der Waals surface area contributed by atoms with Gasteiger partial charge in [0.1, 0.15) is 5.60 Å². The summed E-state index contributed by atoms with van der Waals surface area (Å²) < 4.78 is 0. The number of hydrogen-bond acceptors (Lipinski definition) is 4. The first kappa shape index (κ1) is 18.1. The van der Waals surface area contributed by atoms with Crippen molar-refractivity contribution in [1.82, 2.24) is 9.80 Å². The number of benzene rings is 2. The van der Waals surface area contributed by atoms with Gasteiger partial charge in [-0.05, 0) is 50.3 Å². The van der Waals surface area contributed by atoms with Crippen LogP contribution in [0.5, 0.6) is 0 Å². The summed E-state index contributed by atoms with van der Waals surface area (Å²) in [4.78, 5) is 16.6. The Kier molecular flexibility index (Phi) is 5.08. The number of nitrogens with zero attached hydrogens (tertiary/aromatic N) is 3. The molecule has 0 saturated carbocycles. The van der Waals surface area contributed by atoms with Crippen molar-refractivity contribution in [2.75, 3.05) is 27.2 Å². The second-order valence-electron chi connectivity index (χ2n) is 6.96. The van der Waals surface area contributed by atoms with Gasteiger partial charge in [-0.2, -0.15) is 5.26 Å². The van der Waals surface area contributed by atoms with Gasteiger partial charge < -0.3 is 14.9 Å². The summed E-state index contributed by atoms with van der Waals surface area (Å²) >= 11 is 0. The number of rotatable bonds is 3. The van der Waals surface area contributed by atoms with Gasteiger partial charge in [-0.3, -0.25) is 4.79 Å². The number of piperidine rings is 1. The summed E-state index contributed by atoms with van der Waals surface area (Å²) in [6.07, 6.45) is 0.474. The zero-order valence-corrected chi connectivity index (χ0v) is 15.1. The summed E-state index contributed by atoms with van der Waals surface area (Å²) in [7, 11) is 3.85. The molecule has 1 saturated heterocycles. The van der Waals surface area contributed by atoms with E-state index < -0.39 is 5.60 Å². The SMILES string of the molecule is CN(C)C1CN(C(=O)c2ccc(C#N)cc2)CCC1(O)c1ccccc1. The van der Waals surface area contributed by atoms with Crippen molar-refractivity contribution in [2.45, 2.75) is 18.1 Å². The predicted octanol–water partition coefficient (Wildman–Crippen LogP) is 2.22. The van der Waals surface area contributed by atoms with Crippen LogP contribution in [-0.4, -0.2) is 54.0 Å². The van der Waals surface area contributed by atoms with E-state index in [9.17, 15) is 9.90 Å². The Labute approximate surface area is 154 Å². The molecule has 2 aromatic rings. The van der Waals surface area contributed by atoms with E-state index in [0.717, 1.165) is 5.56 Å². The molecule has 0 bridgehead atoms. The van der Waals surface area contributed by atoms with Crippen LogP contribution in [0.4, 0.5) is 0 Å². The van der Waals surface area contributed by atoms with Gasteiger partial charge in [-0.15, -0.1) is 0 Å². The van der Waals surface area contributed by atoms with Crippen molar-refractivity contribution in [3.8, 4) is 6.07 Å². The minimum Gasteiger partial charge on any atom is -0.383 e. The maximum atomic E-state index is 12.9. The first-order valence-corrected chi connectivity index (χ1v) is 8.69. The number of aliphatic hydroxyl groups is 1. The van der Waals surface area contributed by atoms with Crippen LogP contribution in [0.15, 0.2) is 54.6 Å². The Morgan fingerprint density at radius 2 is 1.85 bits per heavy atom. The van der Waals surface area contributed by atoms with Gasteiger partial charge >= 0.3 is 0 Å². The average molecular weight is 349 g/mol. The monoisotopic (exact) mass is 349 g/mol. The Hall–Kier alpha value is -2.68. The van der Waals surface area contributed by atoms with Crippen molar-refractivity contribution in [2.24, 2.45) is 0 Å². The van der Waals surface area contributed by atoms with Crippen molar-refractivity contribution >= 4 is 5.91 Å². The minimum absolute atomic E-state index is 0.0727. The number of likely N-dealkylation sites (tertiary alicyclic amines) is 1. The van der Waals surface area contributed by atoms with Crippen LogP contribution < -0.4 is 0 Å². The first-order valence-electron chi connectivity index (χ1n) is 8.69. The van der Waals surface area contributed by atoms with Crippen LogP contribution in [0.25, 0.3) is 0 Å². The lowest BCUT2D eigenvalue weighted by atomic mass is 9.79. The molecule has 1 N–H and O–H groups in total. The normalized spacial score (nSPS) is 22.9. The van der Waals surface area contributed by atoms with Gasteiger partial charge in [0.2, 0.25) is 0 Å². The lowest BCUT2D eigenvalue weighted by molar-refractivity contribution is -0.0810. The van der Waals surface area contributed by atoms with Crippen LogP contribution in [0, 0.1) is 11.3 Å². The molecule has 5 heteroatoms. The predicted molar refractivity (Wildman–Crippen MR) is 99.5 cm³/mol. The molecule has 5 nitrogen and oxygen atoms in total. The van der Waals surface area contributed by atoms with Crippen molar-refractivity contribution in [3.05, 3.63) is 71.3 Å². The lowest BCUT2D eigenvalue weighted by Crippen LogP contribution is -2.60. The van der Waals surface area contributed by atoms with E-state index in [1.165, 1.54) is 0 Å². The molecule has 26 heavy (non-hydrogen) atoms. The molecule has 1 aliphatic rings. The van der Waals surface area contributed by atoms with Gasteiger partial charge in [-0.1, -0.05) is 30.3 Å². The summed E-state index contributed by atoms with van der Waals surface area (Å²) in [5.41, 5.74) is 0.979. The number of nitriles is 1. The topological polar surface area (TPSA) is 67.6 Å². The molecule has 2 aromatic carbocycles. The van der Waals surface area contributed by atoms with Crippen LogP contribution in [-0.2, 0) is 5.60 Å². The lowest BCUT2D eigenvalue weighted by Gasteiger charge is -2.47. The molecule has 1 aliphatic heterocycles. The second-order valence-corrected chi connectivity index (χ2v) is 6.96. The molecule has 1 amide bonds. The van der Waals surface area contributed by atoms with E-state index in [-0.39, 0.29) is 11.9 Å². The van der Waals surface area contributed by atoms with E-state index in [0.29, 0.717) is 30.6 Å². The third-order valence-electron chi connectivity index (χ3n) is 5.15. The maximum Gasteiger partial charge on any atom is 0.253 e. The highest BCUT2D eigenvalue weighted by atomic mass is 16.3. The third-order valence-corrected chi connectivity index (χ3v) is 5.15. The summed E-state index contributed by atoms with van der Waals surface area (Å²) in [6, 6.07) is 18.2. The summed E-state index contributed by atoms with van der Waals surface area (Å²) in [6.45, 7) is 0.922. The van der Waals surface area contributed by atoms with E-state index in [2.05, 4.69) is 6.07 Å². The molecule has 3 rings (SSSR count). The fraction of sp³-hybridized carbons (Fsp3) is 0.333. The average Bonchev–Trinajstić information content (AvgIpc) is 2.68. The molecule has 1 fully saturated rings. The van der Waals surface area contributed by atoms with Crippen LogP contribution >= 0.6 is 0 Å². The Balaban J connectivity index is 1.83. The molecule has 2 atom stereocenters. The Morgan fingerprint density at radius 1 is 1.19 bits per heavy atom. The molecule has 0 spiro atoms. The molecule has 1 heterocycles. The Morgan fingerprint density at radius 3 is 2.42 bits per heavy atom. The Bertz CT molecular complexity index is 811. The number of likely N-dealkylation sites (N-methyl/N-ethyl adjacent to an activating group) is 1. The van der Waals surface area contributed by atoms with Crippen molar-refractivity contribution < 1.29 is 9.90 Å². The fourth-order valence-corrected chi connectivity index (χ4v) is 3.63. The summed E-state index contributed by atoms with van der Waals surface area (Å²) in [5.74, 6) is -0.0727. The van der Waals surface area contributed by atoms with E-state index in [4.69, 9.17) is 5.26 Å². The molecule has 0 aliphatic carbocycles. The zero-order chi connectivity index (χ0) is 18.7. The number of hydrogen-bond donors (Lipinski definition) is 1. The van der Waals surface area contributed by atoms with Crippen LogP contribution in [0.1, 0.15) is 27.9 Å². The zero-order valence-electron chi connectivity index (χ0n) is 15.1. The molecule has 0 radical (unpaired) electrons. The quantitative estimate of drug-likeness (QED) is 0.923. The standard InChI is InChI=1S/C21H23N3O2/c1-23(2)19-15-24(20(25)17-10-8-16(14-22)9-11-17)13-12-21(19,26)18-6-4-3-5-7-18/h3-11,19,26H,12-13,15H2,1-2H3. The van der Waals surface area contributed by atoms with Crippen LogP contribution in [0.3, 0.4) is 0 Å². The molecular formula is C21H23N3O2. The van der Waals surface area contributed by atoms with Gasteiger partial charge in [-0.25, -0.2) is 0 Å². The van der Waals surface area contributed by atoms with Gasteiger partial charge in [0, 0.05) is 18.7 Å². The van der Waals surface area contributed by atoms with Gasteiger partial charge in [0.25, 0.3) is 5.91 Å². The first-order chi connectivity index (χ1) is 12.5. The number of carbonyl (C=O) groups excluding carboxylic acids is 1. The van der Waals surface area contributed by atoms with Gasteiger partial charge in [0.05, 0.1) is 17.7 Å². The molecular weight excluding hydrogens is 326 g/mol. The van der Waals surface area contributed by atoms with E-state index in [1.807, 2.05) is 49.3 Å². The van der Waals surface area contributed by atoms with E-state index >= 15 is 0 Å². The fourth-order valence-electron chi connectivity index (χ4n) is 3.63. The highest BCUT2D eigenvalue weighted by Crippen LogP contribution is 2.35. The van der Waals surface area contributed by atoms with Crippen LogP contribution in [0.2, 0.25) is 0 Å². The largest absolute Gasteiger partial charge is 0.383 e. The molecule has 0 aromatic heterocycles. The smallest absolute Gasteiger partial charge is 0.253 e. The summed E-state index contributed by atoms with van der Waals surface area (Å²) in [5, 5.41) is 20.3. The van der Waals surface area contributed by atoms with E-state index in [1.54, 1.807) is 29.2 Å². The number of amides is 1. The molecule has 2 unspecified atom stereocenters. The highest BCUT2D eigenvalue weighted by molar-refractivity contribution is 5.94. The van der Waals surface area contributed by atoms with Crippen molar-refractivity contribution in [3.63, 3.8) is 0 Å². The minimum atomic E-state index is -0.994. The van der Waals surface area contributed by atoms with Crippen molar-refractivity contribution in [1.29, 1.82) is 5.26 Å².